The Morgan fingerprint density at radius 3 is 0.978 bits per heavy atom. The van der Waals surface area contributed by atoms with Crippen molar-refractivity contribution >= 4 is 0 Å². The lowest BCUT2D eigenvalue weighted by Crippen LogP contribution is -2.41. The summed E-state index contributed by atoms with van der Waals surface area (Å²) in [5, 5.41) is 0. The predicted molar refractivity (Wildman–Crippen MR) is 202 cm³/mol. The molecule has 2 rings (SSSR count). The number of unbranched alkanes of at least 4 members (excludes halogenated alkanes) is 27. The van der Waals surface area contributed by atoms with Crippen molar-refractivity contribution < 1.29 is 0 Å². The lowest BCUT2D eigenvalue weighted by molar-refractivity contribution is 0.148. The van der Waals surface area contributed by atoms with E-state index in [1.165, 1.54) is 205 Å². The molecule has 0 spiro atoms. The van der Waals surface area contributed by atoms with Gasteiger partial charge in [-0.15, -0.1) is 0 Å². The second kappa shape index (κ2) is 29.9. The molecule has 1 heterocycles. The Hall–Kier alpha value is -1.44. The monoisotopic (exact) mass is 623 g/mol. The molecule has 1 aliphatic heterocycles. The summed E-state index contributed by atoms with van der Waals surface area (Å²) in [7, 11) is 0. The van der Waals surface area contributed by atoms with Gasteiger partial charge in [-0.2, -0.15) is 0 Å². The van der Waals surface area contributed by atoms with Crippen LogP contribution in [0.15, 0.2) is 42.7 Å². The lowest BCUT2D eigenvalue weighted by Gasteiger charge is -2.33. The van der Waals surface area contributed by atoms with Crippen molar-refractivity contribution in [2.45, 2.75) is 213 Å². The average molecular weight is 623 g/mol. The molecule has 1 unspecified atom stereocenters. The van der Waals surface area contributed by atoms with Crippen LogP contribution in [0.2, 0.25) is 0 Å². The summed E-state index contributed by atoms with van der Waals surface area (Å²) in [6.07, 6.45) is 48.0. The molecule has 2 heteroatoms. The molecule has 0 aliphatic carbocycles. The molecule has 260 valence electrons. The van der Waals surface area contributed by atoms with E-state index in [1.807, 2.05) is 0 Å². The van der Waals surface area contributed by atoms with Gasteiger partial charge in [0.05, 0.1) is 0 Å². The van der Waals surface area contributed by atoms with Crippen molar-refractivity contribution in [1.29, 1.82) is 0 Å². The molecule has 1 aliphatic rings. The minimum atomic E-state index is 0.501. The molecular formula is C43H78N2. The molecule has 0 bridgehead atoms. The Kier molecular flexibility index (Phi) is 26.4. The highest BCUT2D eigenvalue weighted by Gasteiger charge is 2.25. The van der Waals surface area contributed by atoms with E-state index >= 15 is 0 Å². The number of benzene rings is 1. The summed E-state index contributed by atoms with van der Waals surface area (Å²) >= 11 is 0. The Morgan fingerprint density at radius 2 is 0.667 bits per heavy atom. The van der Waals surface area contributed by atoms with E-state index in [9.17, 15) is 0 Å². The maximum atomic E-state index is 2.65. The van der Waals surface area contributed by atoms with Crippen molar-refractivity contribution in [1.82, 2.24) is 9.80 Å². The van der Waals surface area contributed by atoms with Gasteiger partial charge in [0, 0.05) is 31.9 Å². The zero-order chi connectivity index (χ0) is 31.9. The van der Waals surface area contributed by atoms with E-state index in [1.54, 1.807) is 0 Å². The summed E-state index contributed by atoms with van der Waals surface area (Å²) in [5.41, 5.74) is 1.47. The van der Waals surface area contributed by atoms with Gasteiger partial charge in [-0.25, -0.2) is 0 Å². The van der Waals surface area contributed by atoms with Gasteiger partial charge in [0.2, 0.25) is 0 Å². The molecule has 0 N–H and O–H groups in total. The fourth-order valence-corrected chi connectivity index (χ4v) is 7.22. The smallest absolute Gasteiger partial charge is 0.105 e. The van der Waals surface area contributed by atoms with Crippen LogP contribution in [-0.2, 0) is 6.42 Å². The number of hydrogen-bond acceptors (Lipinski definition) is 2. The summed E-state index contributed by atoms with van der Waals surface area (Å²) in [6.45, 7) is 7.04. The van der Waals surface area contributed by atoms with Crippen LogP contribution in [0, 0.1) is 0 Å². The van der Waals surface area contributed by atoms with E-state index in [2.05, 4.69) is 66.4 Å². The molecule has 0 radical (unpaired) electrons. The van der Waals surface area contributed by atoms with Crippen molar-refractivity contribution in [3.8, 4) is 0 Å². The minimum absolute atomic E-state index is 0.501. The first-order chi connectivity index (χ1) is 22.3. The Bertz CT molecular complexity index is 758. The third kappa shape index (κ3) is 21.9. The third-order valence-corrected chi connectivity index (χ3v) is 10.3. The maximum Gasteiger partial charge on any atom is 0.105 e. The maximum absolute atomic E-state index is 2.65. The zero-order valence-corrected chi connectivity index (χ0v) is 30.6. The molecule has 1 atom stereocenters. The first kappa shape index (κ1) is 39.7. The van der Waals surface area contributed by atoms with Gasteiger partial charge in [0.15, 0.2) is 0 Å². The van der Waals surface area contributed by atoms with Gasteiger partial charge < -0.3 is 9.80 Å². The van der Waals surface area contributed by atoms with Crippen LogP contribution in [0.5, 0.6) is 0 Å². The van der Waals surface area contributed by atoms with Gasteiger partial charge in [0.1, 0.15) is 6.17 Å². The Balaban J connectivity index is 1.50. The highest BCUT2D eigenvalue weighted by molar-refractivity contribution is 5.17. The largest absolute Gasteiger partial charge is 0.356 e. The van der Waals surface area contributed by atoms with Crippen LogP contribution >= 0.6 is 0 Å². The first-order valence-electron chi connectivity index (χ1n) is 20.6. The highest BCUT2D eigenvalue weighted by atomic mass is 15.4. The summed E-state index contributed by atoms with van der Waals surface area (Å²) in [4.78, 5) is 5.30. The van der Waals surface area contributed by atoms with Crippen LogP contribution < -0.4 is 0 Å². The SMILES string of the molecule is CCCCCCCCCCCCCCCCCCN1C=CN(CCCCCCCCCCCCCCC)C1Cc1ccccc1. The van der Waals surface area contributed by atoms with E-state index in [-0.39, 0.29) is 0 Å². The fraction of sp³-hybridized carbons (Fsp3) is 0.814. The number of nitrogens with zero attached hydrogens (tertiary/aromatic N) is 2. The van der Waals surface area contributed by atoms with Gasteiger partial charge in [-0.1, -0.05) is 218 Å². The molecule has 0 saturated carbocycles. The van der Waals surface area contributed by atoms with Crippen LogP contribution in [0.4, 0.5) is 0 Å². The topological polar surface area (TPSA) is 6.48 Å². The average Bonchev–Trinajstić information content (AvgIpc) is 3.44. The molecule has 0 saturated heterocycles. The normalized spacial score (nSPS) is 14.7. The zero-order valence-electron chi connectivity index (χ0n) is 30.6. The molecule has 1 aromatic rings. The van der Waals surface area contributed by atoms with E-state index in [0.29, 0.717) is 6.17 Å². The number of rotatable bonds is 33. The standard InChI is InChI=1S/C43H78N2/c1-3-5-7-9-11-13-15-17-18-19-21-23-25-27-29-34-38-45-40-39-44(43(45)41-42-35-31-30-32-36-42)37-33-28-26-24-22-20-16-14-12-10-8-6-4-2/h30-32,35-36,39-40,43H,3-29,33-34,37-38,41H2,1-2H3. The van der Waals surface area contributed by atoms with Crippen molar-refractivity contribution in [2.75, 3.05) is 13.1 Å². The van der Waals surface area contributed by atoms with Crippen molar-refractivity contribution in [3.05, 3.63) is 48.3 Å². The van der Waals surface area contributed by atoms with Crippen LogP contribution in [0.3, 0.4) is 0 Å². The summed E-state index contributed by atoms with van der Waals surface area (Å²) < 4.78 is 0. The Morgan fingerprint density at radius 1 is 0.378 bits per heavy atom. The minimum Gasteiger partial charge on any atom is -0.356 e. The molecule has 1 aromatic carbocycles. The molecule has 0 amide bonds. The summed E-state index contributed by atoms with van der Waals surface area (Å²) in [6, 6.07) is 11.2. The first-order valence-corrected chi connectivity index (χ1v) is 20.6. The Labute approximate surface area is 283 Å². The fourth-order valence-electron chi connectivity index (χ4n) is 7.22. The predicted octanol–water partition coefficient (Wildman–Crippen LogP) is 14.0. The van der Waals surface area contributed by atoms with Gasteiger partial charge in [-0.3, -0.25) is 0 Å². The van der Waals surface area contributed by atoms with Gasteiger partial charge in [-0.05, 0) is 18.4 Å². The van der Waals surface area contributed by atoms with Gasteiger partial charge in [0.25, 0.3) is 0 Å². The molecule has 0 aromatic heterocycles. The lowest BCUT2D eigenvalue weighted by atomic mass is 10.0. The van der Waals surface area contributed by atoms with Crippen LogP contribution in [0.25, 0.3) is 0 Å². The molecule has 0 fully saturated rings. The van der Waals surface area contributed by atoms with E-state index < -0.39 is 0 Å². The summed E-state index contributed by atoms with van der Waals surface area (Å²) in [5.74, 6) is 0. The molecule has 45 heavy (non-hydrogen) atoms. The second-order valence-corrected chi connectivity index (χ2v) is 14.5. The number of hydrogen-bond donors (Lipinski definition) is 0. The van der Waals surface area contributed by atoms with Crippen molar-refractivity contribution in [3.63, 3.8) is 0 Å². The highest BCUT2D eigenvalue weighted by Crippen LogP contribution is 2.23. The van der Waals surface area contributed by atoms with Crippen LogP contribution in [0.1, 0.15) is 206 Å². The quantitative estimate of drug-likeness (QED) is 0.0720. The second-order valence-electron chi connectivity index (χ2n) is 14.5. The van der Waals surface area contributed by atoms with Crippen molar-refractivity contribution in [2.24, 2.45) is 0 Å². The van der Waals surface area contributed by atoms with E-state index in [4.69, 9.17) is 0 Å². The van der Waals surface area contributed by atoms with Crippen LogP contribution in [-0.4, -0.2) is 29.1 Å². The third-order valence-electron chi connectivity index (χ3n) is 10.3. The molecular weight excluding hydrogens is 544 g/mol. The van der Waals surface area contributed by atoms with E-state index in [0.717, 1.165) is 6.42 Å². The van der Waals surface area contributed by atoms with Gasteiger partial charge >= 0.3 is 0 Å². The molecule has 2 nitrogen and oxygen atoms in total.